The molecule has 0 saturated heterocycles. The number of amides is 1. The van der Waals surface area contributed by atoms with Crippen molar-refractivity contribution in [1.29, 1.82) is 0 Å². The van der Waals surface area contributed by atoms with Gasteiger partial charge in [0.15, 0.2) is 0 Å². The van der Waals surface area contributed by atoms with Gasteiger partial charge in [-0.1, -0.05) is 6.07 Å². The van der Waals surface area contributed by atoms with Crippen LogP contribution in [0.1, 0.15) is 12.5 Å². The summed E-state index contributed by atoms with van der Waals surface area (Å²) in [5.41, 5.74) is 4.64. The van der Waals surface area contributed by atoms with Gasteiger partial charge in [-0.3, -0.25) is 10.1 Å². The maximum absolute atomic E-state index is 10.8. The lowest BCUT2D eigenvalue weighted by atomic mass is 10.2. The second kappa shape index (κ2) is 7.42. The van der Waals surface area contributed by atoms with Crippen LogP contribution in [0.5, 0.6) is 0 Å². The molecule has 7 nitrogen and oxygen atoms in total. The molecule has 3 rings (SSSR count). The summed E-state index contributed by atoms with van der Waals surface area (Å²) in [5.74, 6) is 0.511. The number of hydrogen-bond donors (Lipinski definition) is 2. The van der Waals surface area contributed by atoms with Gasteiger partial charge in [0.05, 0.1) is 15.7 Å². The van der Waals surface area contributed by atoms with Crippen molar-refractivity contribution in [2.45, 2.75) is 6.92 Å². The van der Waals surface area contributed by atoms with Gasteiger partial charge in [-0.05, 0) is 36.8 Å². The fourth-order valence-corrected chi connectivity index (χ4v) is 2.76. The number of thiazole rings is 1. The van der Waals surface area contributed by atoms with E-state index in [4.69, 9.17) is 0 Å². The first-order valence-corrected chi connectivity index (χ1v) is 7.97. The monoisotopic (exact) mass is 338 g/mol. The van der Waals surface area contributed by atoms with Crippen molar-refractivity contribution < 1.29 is 4.79 Å². The summed E-state index contributed by atoms with van der Waals surface area (Å²) in [7, 11) is 0. The molecule has 2 aromatic heterocycles. The highest BCUT2D eigenvalue weighted by molar-refractivity contribution is 7.16. The van der Waals surface area contributed by atoms with Crippen molar-refractivity contribution in [3.8, 4) is 0 Å². The van der Waals surface area contributed by atoms with Crippen LogP contribution < -0.4 is 10.6 Å². The highest BCUT2D eigenvalue weighted by atomic mass is 32.1. The third-order valence-electron chi connectivity index (χ3n) is 3.01. The maximum atomic E-state index is 10.8. The molecule has 0 unspecified atom stereocenters. The van der Waals surface area contributed by atoms with E-state index in [9.17, 15) is 4.79 Å². The van der Waals surface area contributed by atoms with Gasteiger partial charge < -0.3 is 5.32 Å². The van der Waals surface area contributed by atoms with Gasteiger partial charge in [0.1, 0.15) is 0 Å². The lowest BCUT2D eigenvalue weighted by Gasteiger charge is -2.08. The predicted octanol–water partition coefficient (Wildman–Crippen LogP) is 2.47. The van der Waals surface area contributed by atoms with Crippen molar-refractivity contribution in [2.24, 2.45) is 4.99 Å². The molecule has 0 fully saturated rings. The molecule has 0 aliphatic heterocycles. The minimum Gasteiger partial charge on any atom is -0.330 e. The predicted molar refractivity (Wildman–Crippen MR) is 94.7 cm³/mol. The molecule has 0 saturated carbocycles. The van der Waals surface area contributed by atoms with Gasteiger partial charge in [-0.15, -0.1) is 11.3 Å². The Balaban J connectivity index is 1.80. The average molecular weight is 338 g/mol. The molecule has 0 spiro atoms. The summed E-state index contributed by atoms with van der Waals surface area (Å²) in [6, 6.07) is 7.71. The Hall–Kier alpha value is -3.13. The van der Waals surface area contributed by atoms with Crippen LogP contribution in [0.2, 0.25) is 0 Å². The molecule has 0 bridgehead atoms. The van der Waals surface area contributed by atoms with Crippen molar-refractivity contribution >= 4 is 45.9 Å². The fourth-order valence-electron chi connectivity index (χ4n) is 2.04. The zero-order chi connectivity index (χ0) is 16.8. The summed E-state index contributed by atoms with van der Waals surface area (Å²) in [5, 5.41) is 5.54. The molecule has 0 atom stereocenters. The second-order valence-corrected chi connectivity index (χ2v) is 5.69. The van der Waals surface area contributed by atoms with Crippen molar-refractivity contribution in [3.05, 3.63) is 53.4 Å². The first-order valence-electron chi connectivity index (χ1n) is 7.09. The third-order valence-corrected chi connectivity index (χ3v) is 3.81. The van der Waals surface area contributed by atoms with Gasteiger partial charge in [-0.25, -0.2) is 15.0 Å². The number of carbonyl (C=O) groups is 1. The van der Waals surface area contributed by atoms with E-state index in [0.717, 1.165) is 21.5 Å². The molecule has 1 amide bonds. The summed E-state index contributed by atoms with van der Waals surface area (Å²) < 4.78 is 1.12. The van der Waals surface area contributed by atoms with E-state index in [1.807, 2.05) is 30.6 Å². The van der Waals surface area contributed by atoms with E-state index >= 15 is 0 Å². The fraction of sp³-hybridized carbons (Fsp3) is 0.0625. The molecule has 3 aromatic rings. The Kier molecular flexibility index (Phi) is 4.87. The summed E-state index contributed by atoms with van der Waals surface area (Å²) in [6.45, 7) is 1.88. The van der Waals surface area contributed by atoms with Crippen LogP contribution in [0.15, 0.2) is 52.9 Å². The number of carbonyl (C=O) groups excluding carboxylic acids is 1. The number of aromatic nitrogens is 3. The summed E-state index contributed by atoms with van der Waals surface area (Å²) in [4.78, 5) is 27.2. The average Bonchev–Trinajstić information content (AvgIpc) is 3.03. The Labute approximate surface area is 142 Å². The maximum Gasteiger partial charge on any atom is 0.252 e. The summed E-state index contributed by atoms with van der Waals surface area (Å²) >= 11 is 1.59. The Morgan fingerprint density at radius 2 is 2.08 bits per heavy atom. The number of hydrogen-bond acceptors (Lipinski definition) is 6. The number of guanidine groups is 1. The van der Waals surface area contributed by atoms with Crippen LogP contribution >= 0.6 is 11.3 Å². The number of nitrogens with zero attached hydrogens (tertiary/aromatic N) is 4. The highest BCUT2D eigenvalue weighted by Crippen LogP contribution is 2.20. The van der Waals surface area contributed by atoms with Crippen LogP contribution in [0.25, 0.3) is 16.3 Å². The highest BCUT2D eigenvalue weighted by Gasteiger charge is 2.02. The zero-order valence-corrected chi connectivity index (χ0v) is 13.6. The van der Waals surface area contributed by atoms with Gasteiger partial charge in [0.2, 0.25) is 12.4 Å². The van der Waals surface area contributed by atoms with Crippen LogP contribution in [-0.4, -0.2) is 27.3 Å². The van der Waals surface area contributed by atoms with Gasteiger partial charge in [0.25, 0.3) is 5.95 Å². The van der Waals surface area contributed by atoms with E-state index in [1.54, 1.807) is 29.8 Å². The van der Waals surface area contributed by atoms with Crippen LogP contribution in [0.3, 0.4) is 0 Å². The SMILES string of the molecule is C/C(=C/c1ccc2ncsc2c1)NC(=Nc1ncccn1)NC=O. The molecule has 0 aliphatic carbocycles. The van der Waals surface area contributed by atoms with E-state index in [1.165, 1.54) is 0 Å². The third kappa shape index (κ3) is 3.99. The lowest BCUT2D eigenvalue weighted by Crippen LogP contribution is -2.35. The van der Waals surface area contributed by atoms with E-state index in [-0.39, 0.29) is 11.9 Å². The lowest BCUT2D eigenvalue weighted by molar-refractivity contribution is -0.108. The number of fused-ring (bicyclic) bond motifs is 1. The Morgan fingerprint density at radius 3 is 2.88 bits per heavy atom. The van der Waals surface area contributed by atoms with Gasteiger partial charge >= 0.3 is 0 Å². The van der Waals surface area contributed by atoms with E-state index < -0.39 is 0 Å². The molecular weight excluding hydrogens is 324 g/mol. The number of benzene rings is 1. The molecule has 1 aromatic carbocycles. The van der Waals surface area contributed by atoms with Crippen molar-refractivity contribution in [3.63, 3.8) is 0 Å². The topological polar surface area (TPSA) is 92.2 Å². The van der Waals surface area contributed by atoms with Crippen LogP contribution in [0.4, 0.5) is 5.95 Å². The summed E-state index contributed by atoms with van der Waals surface area (Å²) in [6.07, 6.45) is 5.66. The Morgan fingerprint density at radius 1 is 1.25 bits per heavy atom. The van der Waals surface area contributed by atoms with Crippen LogP contribution in [-0.2, 0) is 4.79 Å². The second-order valence-electron chi connectivity index (χ2n) is 4.80. The molecule has 24 heavy (non-hydrogen) atoms. The molecule has 2 N–H and O–H groups in total. The van der Waals surface area contributed by atoms with Crippen molar-refractivity contribution in [2.75, 3.05) is 0 Å². The van der Waals surface area contributed by atoms with Gasteiger partial charge in [0, 0.05) is 18.1 Å². The quantitative estimate of drug-likeness (QED) is 0.433. The number of nitrogens with one attached hydrogen (secondary N) is 2. The molecule has 8 heteroatoms. The normalized spacial score (nSPS) is 12.2. The minimum absolute atomic E-state index is 0.254. The minimum atomic E-state index is 0.254. The molecule has 0 aliphatic rings. The number of rotatable bonds is 4. The smallest absolute Gasteiger partial charge is 0.252 e. The standard InChI is InChI=1S/C16H14N6OS/c1-11(7-12-3-4-13-14(8-12)24-10-20-13)21-16(19-9-23)22-15-17-5-2-6-18-15/h2-10H,1H3,(H2,17,18,19,21,22,23)/b11-7-. The van der Waals surface area contributed by atoms with E-state index in [2.05, 4.69) is 36.6 Å². The van der Waals surface area contributed by atoms with E-state index in [0.29, 0.717) is 6.41 Å². The first kappa shape index (κ1) is 15.8. The van der Waals surface area contributed by atoms with Crippen molar-refractivity contribution in [1.82, 2.24) is 25.6 Å². The molecule has 2 heterocycles. The molecular formula is C16H14N6OS. The number of allylic oxidation sites excluding steroid dienone is 1. The molecule has 120 valence electrons. The largest absolute Gasteiger partial charge is 0.330 e. The molecule has 0 radical (unpaired) electrons. The van der Waals surface area contributed by atoms with Gasteiger partial charge in [-0.2, -0.15) is 4.99 Å². The van der Waals surface area contributed by atoms with Crippen LogP contribution in [0, 0.1) is 0 Å². The Bertz CT molecular complexity index is 903. The zero-order valence-electron chi connectivity index (χ0n) is 12.8. The first-order chi connectivity index (χ1) is 11.7. The number of aliphatic imine (C=N–C) groups is 1.